The number of hydrogen-bond donors (Lipinski definition) is 3. The molecule has 4 atom stereocenters. The molecule has 0 unspecified atom stereocenters. The molecule has 2 aliphatic rings. The number of rotatable bonds is 8. The molecule has 0 spiro atoms. The maximum absolute atomic E-state index is 10.1. The number of nitrogens with one attached hydrogen (secondary N) is 1. The van der Waals surface area contributed by atoms with Gasteiger partial charge in [-0.15, -0.1) is 0 Å². The predicted octanol–water partition coefficient (Wildman–Crippen LogP) is 2.33. The topological polar surface area (TPSA) is 61.7 Å². The van der Waals surface area contributed by atoms with Crippen LogP contribution in [0.3, 0.4) is 0 Å². The Labute approximate surface area is 135 Å². The Bertz CT molecular complexity index is 383. The van der Waals surface area contributed by atoms with Crippen molar-refractivity contribution in [2.75, 3.05) is 19.8 Å². The Balaban J connectivity index is 1.72. The average molecular weight is 313 g/mol. The van der Waals surface area contributed by atoms with Crippen LogP contribution in [0.25, 0.3) is 0 Å². The van der Waals surface area contributed by atoms with E-state index in [-0.39, 0.29) is 12.1 Å². The van der Waals surface area contributed by atoms with Crippen LogP contribution in [0.15, 0.2) is 0 Å². The van der Waals surface area contributed by atoms with Gasteiger partial charge in [0.2, 0.25) is 0 Å². The largest absolute Gasteiger partial charge is 0.394 e. The minimum absolute atomic E-state index is 0.0626. The number of aliphatic hydroxyl groups is 2. The van der Waals surface area contributed by atoms with E-state index in [1.807, 2.05) is 13.8 Å². The summed E-state index contributed by atoms with van der Waals surface area (Å²) in [6, 6.07) is 0. The normalized spacial score (nSPS) is 35.0. The van der Waals surface area contributed by atoms with E-state index in [2.05, 4.69) is 26.1 Å². The molecule has 4 nitrogen and oxygen atoms in total. The molecular formula is C18H35NO3. The van der Waals surface area contributed by atoms with Gasteiger partial charge in [-0.1, -0.05) is 20.8 Å². The summed E-state index contributed by atoms with van der Waals surface area (Å²) < 4.78 is 6.17. The van der Waals surface area contributed by atoms with Gasteiger partial charge in [0.1, 0.15) is 0 Å². The first-order valence-corrected chi connectivity index (χ1v) is 8.78. The van der Waals surface area contributed by atoms with Crippen molar-refractivity contribution in [2.24, 2.45) is 16.7 Å². The molecule has 0 saturated heterocycles. The van der Waals surface area contributed by atoms with Crippen LogP contribution in [0.4, 0.5) is 0 Å². The van der Waals surface area contributed by atoms with E-state index in [1.165, 1.54) is 19.3 Å². The zero-order valence-corrected chi connectivity index (χ0v) is 15.0. The number of β-amino-alcohol motifs (C(OH)–C–C–N with tert-alkyl or cyclic N) is 1. The second-order valence-corrected chi connectivity index (χ2v) is 8.84. The number of ether oxygens (including phenoxy) is 1. The standard InChI is InChI=1S/C18H35NO3/c1-16(2,12-20)19-11-14(21)7-9-22-15-10-13-6-8-18(15,5)17(13,3)4/h13-15,19-21H,6-12H2,1-5H3/t13-,14+,15-,18+/m1/s1. The summed E-state index contributed by atoms with van der Waals surface area (Å²) in [4.78, 5) is 0. The fourth-order valence-electron chi connectivity index (χ4n) is 4.28. The van der Waals surface area contributed by atoms with Crippen LogP contribution in [0, 0.1) is 16.7 Å². The van der Waals surface area contributed by atoms with E-state index in [1.54, 1.807) is 0 Å². The molecule has 0 aliphatic heterocycles. The van der Waals surface area contributed by atoms with E-state index < -0.39 is 6.10 Å². The van der Waals surface area contributed by atoms with Crippen molar-refractivity contribution < 1.29 is 14.9 Å². The number of fused-ring (bicyclic) bond motifs is 2. The summed E-state index contributed by atoms with van der Waals surface area (Å²) in [6.45, 7) is 12.2. The van der Waals surface area contributed by atoms with E-state index in [9.17, 15) is 10.2 Å². The van der Waals surface area contributed by atoms with Crippen LogP contribution in [0.1, 0.15) is 60.3 Å². The molecule has 0 radical (unpaired) electrons. The second kappa shape index (κ2) is 6.39. The lowest BCUT2D eigenvalue weighted by Gasteiger charge is -2.39. The average Bonchev–Trinajstić information content (AvgIpc) is 2.78. The fourth-order valence-corrected chi connectivity index (χ4v) is 4.28. The van der Waals surface area contributed by atoms with Crippen molar-refractivity contribution in [3.8, 4) is 0 Å². The van der Waals surface area contributed by atoms with Gasteiger partial charge in [-0.2, -0.15) is 0 Å². The van der Waals surface area contributed by atoms with Crippen LogP contribution < -0.4 is 5.32 Å². The summed E-state index contributed by atoms with van der Waals surface area (Å²) in [5.74, 6) is 0.791. The summed E-state index contributed by atoms with van der Waals surface area (Å²) in [5.41, 5.74) is 0.326. The molecule has 2 bridgehead atoms. The van der Waals surface area contributed by atoms with Gasteiger partial charge in [0.15, 0.2) is 0 Å². The summed E-state index contributed by atoms with van der Waals surface area (Å²) in [7, 11) is 0. The lowest BCUT2D eigenvalue weighted by atomic mass is 9.70. The third kappa shape index (κ3) is 3.35. The van der Waals surface area contributed by atoms with Gasteiger partial charge in [0.05, 0.1) is 18.8 Å². The van der Waals surface area contributed by atoms with Crippen LogP contribution in [0.5, 0.6) is 0 Å². The second-order valence-electron chi connectivity index (χ2n) is 8.84. The predicted molar refractivity (Wildman–Crippen MR) is 88.8 cm³/mol. The molecule has 0 heterocycles. The Morgan fingerprint density at radius 1 is 1.32 bits per heavy atom. The quantitative estimate of drug-likeness (QED) is 0.643. The lowest BCUT2D eigenvalue weighted by molar-refractivity contribution is -0.0549. The third-order valence-corrected chi connectivity index (χ3v) is 6.70. The monoisotopic (exact) mass is 313 g/mol. The van der Waals surface area contributed by atoms with Crippen molar-refractivity contribution in [3.63, 3.8) is 0 Å². The Hall–Kier alpha value is -0.160. The summed E-state index contributed by atoms with van der Waals surface area (Å²) in [6.07, 6.45) is 4.35. The van der Waals surface area contributed by atoms with Gasteiger partial charge < -0.3 is 20.3 Å². The van der Waals surface area contributed by atoms with Gasteiger partial charge in [0, 0.05) is 18.7 Å². The van der Waals surface area contributed by atoms with Gasteiger partial charge in [-0.3, -0.25) is 0 Å². The number of aliphatic hydroxyl groups excluding tert-OH is 2. The van der Waals surface area contributed by atoms with Crippen LogP contribution >= 0.6 is 0 Å². The lowest BCUT2D eigenvalue weighted by Crippen LogP contribution is -2.46. The van der Waals surface area contributed by atoms with Crippen molar-refractivity contribution in [1.82, 2.24) is 5.32 Å². The highest BCUT2D eigenvalue weighted by Gasteiger charge is 2.61. The molecule has 2 rings (SSSR count). The Morgan fingerprint density at radius 3 is 2.50 bits per heavy atom. The summed E-state index contributed by atoms with van der Waals surface area (Å²) >= 11 is 0. The van der Waals surface area contributed by atoms with Crippen molar-refractivity contribution in [2.45, 2.75) is 78.0 Å². The van der Waals surface area contributed by atoms with Crippen molar-refractivity contribution in [1.29, 1.82) is 0 Å². The first kappa shape index (κ1) is 18.2. The van der Waals surface area contributed by atoms with Crippen molar-refractivity contribution in [3.05, 3.63) is 0 Å². The van der Waals surface area contributed by atoms with Gasteiger partial charge in [-0.05, 0) is 56.3 Å². The van der Waals surface area contributed by atoms with Gasteiger partial charge in [0.25, 0.3) is 0 Å². The maximum Gasteiger partial charge on any atom is 0.0686 e. The SMILES string of the molecule is CC(C)(CO)NC[C@@H](O)CCO[C@@H]1C[C@H]2CC[C@]1(C)C2(C)C. The van der Waals surface area contributed by atoms with Gasteiger partial charge in [-0.25, -0.2) is 0 Å². The molecule has 4 heteroatoms. The smallest absolute Gasteiger partial charge is 0.0686 e. The summed E-state index contributed by atoms with van der Waals surface area (Å²) in [5, 5.41) is 22.4. The Kier molecular flexibility index (Phi) is 5.28. The van der Waals surface area contributed by atoms with E-state index in [4.69, 9.17) is 4.74 Å². The first-order valence-electron chi connectivity index (χ1n) is 8.78. The molecule has 22 heavy (non-hydrogen) atoms. The van der Waals surface area contributed by atoms with E-state index in [0.717, 1.165) is 5.92 Å². The van der Waals surface area contributed by atoms with Crippen LogP contribution in [-0.4, -0.2) is 47.7 Å². The van der Waals surface area contributed by atoms with Crippen LogP contribution in [0.2, 0.25) is 0 Å². The molecule has 3 N–H and O–H groups in total. The molecule has 2 aliphatic carbocycles. The zero-order valence-electron chi connectivity index (χ0n) is 15.0. The Morgan fingerprint density at radius 2 is 2.00 bits per heavy atom. The minimum atomic E-state index is -0.426. The molecule has 0 aromatic carbocycles. The first-order chi connectivity index (χ1) is 10.1. The molecule has 2 saturated carbocycles. The zero-order chi connectivity index (χ0) is 16.6. The van der Waals surface area contributed by atoms with Crippen molar-refractivity contribution >= 4 is 0 Å². The third-order valence-electron chi connectivity index (χ3n) is 6.70. The maximum atomic E-state index is 10.1. The minimum Gasteiger partial charge on any atom is -0.394 e. The highest BCUT2D eigenvalue weighted by atomic mass is 16.5. The van der Waals surface area contributed by atoms with Gasteiger partial charge >= 0.3 is 0 Å². The molecule has 2 fully saturated rings. The highest BCUT2D eigenvalue weighted by Crippen LogP contribution is 2.66. The fraction of sp³-hybridized carbons (Fsp3) is 1.00. The molecule has 0 aromatic rings. The van der Waals surface area contributed by atoms with E-state index in [0.29, 0.717) is 36.5 Å². The molecule has 130 valence electrons. The molecule has 0 amide bonds. The molecular weight excluding hydrogens is 278 g/mol. The number of hydrogen-bond acceptors (Lipinski definition) is 4. The highest BCUT2D eigenvalue weighted by molar-refractivity contribution is 5.11. The van der Waals surface area contributed by atoms with E-state index >= 15 is 0 Å². The molecule has 0 aromatic heterocycles. The van der Waals surface area contributed by atoms with Crippen LogP contribution in [-0.2, 0) is 4.74 Å².